The summed E-state index contributed by atoms with van der Waals surface area (Å²) in [5.74, 6) is 0. The summed E-state index contributed by atoms with van der Waals surface area (Å²) in [6, 6.07) is 10.5. The number of hydrogen-bond acceptors (Lipinski definition) is 3. The highest BCUT2D eigenvalue weighted by molar-refractivity contribution is 5.38. The van der Waals surface area contributed by atoms with Crippen LogP contribution in [-0.4, -0.2) is 30.0 Å². The standard InChI is InChI=1S/C14H19N3O/c1-18-10-9-17-12-14(11-16-17)15-8-7-13-5-3-2-4-6-13/h2-6,11-12,15H,7-10H2,1H3. The van der Waals surface area contributed by atoms with E-state index in [1.54, 1.807) is 7.11 Å². The smallest absolute Gasteiger partial charge is 0.0726 e. The number of rotatable bonds is 7. The van der Waals surface area contributed by atoms with Crippen LogP contribution in [0.3, 0.4) is 0 Å². The number of nitrogens with zero attached hydrogens (tertiary/aromatic N) is 2. The third kappa shape index (κ3) is 3.89. The number of methoxy groups -OCH3 is 1. The lowest BCUT2D eigenvalue weighted by Crippen LogP contribution is -2.05. The summed E-state index contributed by atoms with van der Waals surface area (Å²) in [6.45, 7) is 2.39. The first kappa shape index (κ1) is 12.6. The zero-order chi connectivity index (χ0) is 12.6. The number of aromatic nitrogens is 2. The first-order chi connectivity index (χ1) is 8.88. The molecule has 0 atom stereocenters. The van der Waals surface area contributed by atoms with E-state index in [1.165, 1.54) is 5.56 Å². The Hall–Kier alpha value is -1.81. The normalized spacial score (nSPS) is 10.5. The molecule has 1 heterocycles. The summed E-state index contributed by atoms with van der Waals surface area (Å²) in [4.78, 5) is 0. The first-order valence-corrected chi connectivity index (χ1v) is 6.17. The van der Waals surface area contributed by atoms with Crippen LogP contribution in [-0.2, 0) is 17.7 Å². The van der Waals surface area contributed by atoms with Crippen molar-refractivity contribution in [3.63, 3.8) is 0 Å². The van der Waals surface area contributed by atoms with Crippen molar-refractivity contribution in [1.82, 2.24) is 9.78 Å². The van der Waals surface area contributed by atoms with Gasteiger partial charge in [0.25, 0.3) is 0 Å². The molecule has 0 saturated carbocycles. The highest BCUT2D eigenvalue weighted by Gasteiger charge is 1.98. The van der Waals surface area contributed by atoms with Gasteiger partial charge in [-0.25, -0.2) is 0 Å². The molecule has 1 N–H and O–H groups in total. The molecule has 18 heavy (non-hydrogen) atoms. The van der Waals surface area contributed by atoms with E-state index in [0.29, 0.717) is 6.61 Å². The van der Waals surface area contributed by atoms with E-state index in [2.05, 4.69) is 34.7 Å². The van der Waals surface area contributed by atoms with Crippen molar-refractivity contribution >= 4 is 5.69 Å². The van der Waals surface area contributed by atoms with Crippen LogP contribution >= 0.6 is 0 Å². The Bertz CT molecular complexity index is 453. The summed E-state index contributed by atoms with van der Waals surface area (Å²) < 4.78 is 6.90. The molecule has 4 nitrogen and oxygen atoms in total. The molecule has 0 radical (unpaired) electrons. The topological polar surface area (TPSA) is 39.1 Å². The number of anilines is 1. The van der Waals surface area contributed by atoms with Crippen LogP contribution in [0.4, 0.5) is 5.69 Å². The Morgan fingerprint density at radius 3 is 2.89 bits per heavy atom. The van der Waals surface area contributed by atoms with E-state index in [0.717, 1.165) is 25.2 Å². The maximum absolute atomic E-state index is 5.01. The third-order valence-electron chi connectivity index (χ3n) is 2.74. The van der Waals surface area contributed by atoms with Crippen LogP contribution in [0.5, 0.6) is 0 Å². The molecule has 0 fully saturated rings. The molecule has 2 rings (SSSR count). The van der Waals surface area contributed by atoms with Crippen LogP contribution < -0.4 is 5.32 Å². The summed E-state index contributed by atoms with van der Waals surface area (Å²) >= 11 is 0. The van der Waals surface area contributed by atoms with Gasteiger partial charge in [-0.15, -0.1) is 0 Å². The Morgan fingerprint density at radius 1 is 1.28 bits per heavy atom. The van der Waals surface area contributed by atoms with Crippen LogP contribution in [0.2, 0.25) is 0 Å². The van der Waals surface area contributed by atoms with Crippen LogP contribution in [0, 0.1) is 0 Å². The summed E-state index contributed by atoms with van der Waals surface area (Å²) in [7, 11) is 1.70. The van der Waals surface area contributed by atoms with Gasteiger partial charge in [0.1, 0.15) is 0 Å². The minimum Gasteiger partial charge on any atom is -0.383 e. The maximum Gasteiger partial charge on any atom is 0.0726 e. The molecule has 96 valence electrons. The van der Waals surface area contributed by atoms with Crippen molar-refractivity contribution in [2.24, 2.45) is 0 Å². The average molecular weight is 245 g/mol. The van der Waals surface area contributed by atoms with Gasteiger partial charge in [-0.05, 0) is 12.0 Å². The van der Waals surface area contributed by atoms with E-state index in [4.69, 9.17) is 4.74 Å². The lowest BCUT2D eigenvalue weighted by Gasteiger charge is -2.03. The lowest BCUT2D eigenvalue weighted by atomic mass is 10.1. The molecule has 0 aliphatic rings. The van der Waals surface area contributed by atoms with Crippen molar-refractivity contribution in [2.75, 3.05) is 25.6 Å². The predicted octanol–water partition coefficient (Wildman–Crippen LogP) is 2.18. The molecule has 1 aromatic carbocycles. The van der Waals surface area contributed by atoms with Gasteiger partial charge in [-0.2, -0.15) is 5.10 Å². The van der Waals surface area contributed by atoms with Crippen molar-refractivity contribution in [3.05, 3.63) is 48.3 Å². The van der Waals surface area contributed by atoms with Crippen molar-refractivity contribution in [2.45, 2.75) is 13.0 Å². The molecule has 0 saturated heterocycles. The van der Waals surface area contributed by atoms with Crippen molar-refractivity contribution < 1.29 is 4.74 Å². The van der Waals surface area contributed by atoms with E-state index in [-0.39, 0.29) is 0 Å². The van der Waals surface area contributed by atoms with Crippen LogP contribution in [0.15, 0.2) is 42.7 Å². The fourth-order valence-corrected chi connectivity index (χ4v) is 1.76. The monoisotopic (exact) mass is 245 g/mol. The second-order valence-electron chi connectivity index (χ2n) is 4.15. The Morgan fingerprint density at radius 2 is 2.11 bits per heavy atom. The van der Waals surface area contributed by atoms with Crippen molar-refractivity contribution in [3.8, 4) is 0 Å². The number of ether oxygens (including phenoxy) is 1. The van der Waals surface area contributed by atoms with Gasteiger partial charge in [0.15, 0.2) is 0 Å². The fourth-order valence-electron chi connectivity index (χ4n) is 1.76. The van der Waals surface area contributed by atoms with E-state index in [1.807, 2.05) is 23.1 Å². The van der Waals surface area contributed by atoms with Gasteiger partial charge < -0.3 is 10.1 Å². The van der Waals surface area contributed by atoms with Gasteiger partial charge in [0, 0.05) is 19.9 Å². The number of nitrogens with one attached hydrogen (secondary N) is 1. The molecule has 4 heteroatoms. The Labute approximate surface area is 108 Å². The molecule has 0 bridgehead atoms. The molecule has 0 aliphatic carbocycles. The lowest BCUT2D eigenvalue weighted by molar-refractivity contribution is 0.183. The molecule has 2 aromatic rings. The van der Waals surface area contributed by atoms with Gasteiger partial charge >= 0.3 is 0 Å². The largest absolute Gasteiger partial charge is 0.383 e. The van der Waals surface area contributed by atoms with Gasteiger partial charge in [0.05, 0.1) is 25.0 Å². The SMILES string of the molecule is COCCn1cc(NCCc2ccccc2)cn1. The molecular formula is C14H19N3O. The van der Waals surface area contributed by atoms with E-state index in [9.17, 15) is 0 Å². The molecule has 0 amide bonds. The van der Waals surface area contributed by atoms with Crippen LogP contribution in [0.25, 0.3) is 0 Å². The maximum atomic E-state index is 5.01. The Balaban J connectivity index is 1.75. The average Bonchev–Trinajstić information content (AvgIpc) is 2.85. The second kappa shape index (κ2) is 6.81. The van der Waals surface area contributed by atoms with E-state index < -0.39 is 0 Å². The van der Waals surface area contributed by atoms with Crippen molar-refractivity contribution in [1.29, 1.82) is 0 Å². The highest BCUT2D eigenvalue weighted by atomic mass is 16.5. The predicted molar refractivity (Wildman–Crippen MR) is 72.7 cm³/mol. The molecule has 0 spiro atoms. The molecule has 0 unspecified atom stereocenters. The first-order valence-electron chi connectivity index (χ1n) is 6.17. The number of benzene rings is 1. The van der Waals surface area contributed by atoms with Crippen LogP contribution in [0.1, 0.15) is 5.56 Å². The van der Waals surface area contributed by atoms with E-state index >= 15 is 0 Å². The minimum absolute atomic E-state index is 0.686. The Kier molecular flexibility index (Phi) is 4.78. The molecular weight excluding hydrogens is 226 g/mol. The zero-order valence-electron chi connectivity index (χ0n) is 10.7. The van der Waals surface area contributed by atoms with Gasteiger partial charge in [-0.1, -0.05) is 30.3 Å². The zero-order valence-corrected chi connectivity index (χ0v) is 10.7. The second-order valence-corrected chi connectivity index (χ2v) is 4.15. The third-order valence-corrected chi connectivity index (χ3v) is 2.74. The molecule has 1 aromatic heterocycles. The summed E-state index contributed by atoms with van der Waals surface area (Å²) in [6.07, 6.45) is 4.87. The fraction of sp³-hybridized carbons (Fsp3) is 0.357. The quantitative estimate of drug-likeness (QED) is 0.812. The number of hydrogen-bond donors (Lipinski definition) is 1. The highest BCUT2D eigenvalue weighted by Crippen LogP contribution is 2.06. The van der Waals surface area contributed by atoms with Gasteiger partial charge in [0.2, 0.25) is 0 Å². The van der Waals surface area contributed by atoms with Gasteiger partial charge in [-0.3, -0.25) is 4.68 Å². The molecule has 0 aliphatic heterocycles. The summed E-state index contributed by atoms with van der Waals surface area (Å²) in [5.41, 5.74) is 2.40. The minimum atomic E-state index is 0.686. The summed E-state index contributed by atoms with van der Waals surface area (Å²) in [5, 5.41) is 7.62.